The van der Waals surface area contributed by atoms with E-state index in [2.05, 4.69) is 12.0 Å². The van der Waals surface area contributed by atoms with Crippen molar-refractivity contribution in [1.82, 2.24) is 9.78 Å². The summed E-state index contributed by atoms with van der Waals surface area (Å²) in [6, 6.07) is 5.48. The number of phenols is 2. The van der Waals surface area contributed by atoms with E-state index in [-0.39, 0.29) is 17.5 Å². The molecule has 1 heterocycles. The molecule has 0 saturated carbocycles. The molecule has 0 saturated heterocycles. The fourth-order valence-corrected chi connectivity index (χ4v) is 2.58. The Kier molecular flexibility index (Phi) is 4.89. The van der Waals surface area contributed by atoms with Crippen LogP contribution in [0.1, 0.15) is 51.6 Å². The van der Waals surface area contributed by atoms with Crippen molar-refractivity contribution in [2.45, 2.75) is 52.5 Å². The van der Waals surface area contributed by atoms with Crippen LogP contribution < -0.4 is 0 Å². The van der Waals surface area contributed by atoms with Gasteiger partial charge in [-0.3, -0.25) is 4.68 Å². The number of phenolic OH excluding ortho intramolecular Hbond substituents is 2. The van der Waals surface area contributed by atoms with Gasteiger partial charge in [-0.2, -0.15) is 5.10 Å². The van der Waals surface area contributed by atoms with Gasteiger partial charge in [0.05, 0.1) is 11.3 Å². The first-order chi connectivity index (χ1) is 10.0. The maximum Gasteiger partial charge on any atom is 0.128 e. The molecule has 0 amide bonds. The van der Waals surface area contributed by atoms with Crippen molar-refractivity contribution in [3.8, 4) is 22.8 Å². The van der Waals surface area contributed by atoms with Crippen LogP contribution in [0.2, 0.25) is 0 Å². The molecule has 0 aliphatic heterocycles. The minimum Gasteiger partial charge on any atom is -0.507 e. The molecule has 2 rings (SSSR count). The second-order valence-corrected chi connectivity index (χ2v) is 5.72. The van der Waals surface area contributed by atoms with Crippen LogP contribution in [0.15, 0.2) is 24.4 Å². The molecule has 4 heteroatoms. The smallest absolute Gasteiger partial charge is 0.128 e. The topological polar surface area (TPSA) is 58.3 Å². The Balaban J connectivity index is 2.35. The molecular weight excluding hydrogens is 264 g/mol. The largest absolute Gasteiger partial charge is 0.507 e. The van der Waals surface area contributed by atoms with E-state index in [4.69, 9.17) is 0 Å². The van der Waals surface area contributed by atoms with Gasteiger partial charge < -0.3 is 10.2 Å². The zero-order chi connectivity index (χ0) is 15.4. The molecule has 0 atom stereocenters. The SMILES string of the molecule is CCCCCc1cc(O)c(-c2ccnn2C(C)C)c(O)c1. The van der Waals surface area contributed by atoms with Gasteiger partial charge in [-0.05, 0) is 50.5 Å². The third-order valence-electron chi connectivity index (χ3n) is 3.64. The quantitative estimate of drug-likeness (QED) is 0.780. The summed E-state index contributed by atoms with van der Waals surface area (Å²) in [4.78, 5) is 0. The van der Waals surface area contributed by atoms with Gasteiger partial charge in [0.15, 0.2) is 0 Å². The first kappa shape index (κ1) is 15.4. The molecule has 0 spiro atoms. The molecule has 2 aromatic rings. The highest BCUT2D eigenvalue weighted by atomic mass is 16.3. The minimum absolute atomic E-state index is 0.115. The first-order valence-electron chi connectivity index (χ1n) is 7.63. The molecule has 0 fully saturated rings. The Hall–Kier alpha value is -1.97. The van der Waals surface area contributed by atoms with Crippen molar-refractivity contribution in [1.29, 1.82) is 0 Å². The number of unbranched alkanes of at least 4 members (excludes halogenated alkanes) is 2. The predicted molar refractivity (Wildman–Crippen MR) is 84.6 cm³/mol. The molecule has 2 N–H and O–H groups in total. The highest BCUT2D eigenvalue weighted by molar-refractivity contribution is 5.74. The number of rotatable bonds is 6. The lowest BCUT2D eigenvalue weighted by atomic mass is 10.0. The molecule has 0 unspecified atom stereocenters. The number of hydrogen-bond donors (Lipinski definition) is 2. The van der Waals surface area contributed by atoms with Gasteiger partial charge in [0.25, 0.3) is 0 Å². The summed E-state index contributed by atoms with van der Waals surface area (Å²) in [6.07, 6.45) is 5.94. The molecule has 0 bridgehead atoms. The summed E-state index contributed by atoms with van der Waals surface area (Å²) < 4.78 is 1.80. The molecule has 4 nitrogen and oxygen atoms in total. The summed E-state index contributed by atoms with van der Waals surface area (Å²) in [5.41, 5.74) is 2.17. The Morgan fingerprint density at radius 3 is 2.38 bits per heavy atom. The molecular formula is C17H24N2O2. The van der Waals surface area contributed by atoms with Gasteiger partial charge in [-0.25, -0.2) is 0 Å². The first-order valence-corrected chi connectivity index (χ1v) is 7.63. The van der Waals surface area contributed by atoms with Crippen molar-refractivity contribution >= 4 is 0 Å². The normalized spacial score (nSPS) is 11.2. The summed E-state index contributed by atoms with van der Waals surface area (Å²) in [6.45, 7) is 6.19. The lowest BCUT2D eigenvalue weighted by Gasteiger charge is -2.14. The third-order valence-corrected chi connectivity index (χ3v) is 3.64. The predicted octanol–water partition coefficient (Wildman–Crippen LogP) is 4.27. The van der Waals surface area contributed by atoms with Crippen LogP contribution in [0.25, 0.3) is 11.3 Å². The molecule has 21 heavy (non-hydrogen) atoms. The number of hydrogen-bond acceptors (Lipinski definition) is 3. The Bertz CT molecular complexity index is 580. The van der Waals surface area contributed by atoms with E-state index < -0.39 is 0 Å². The molecule has 1 aromatic heterocycles. The maximum atomic E-state index is 10.3. The number of nitrogens with zero attached hydrogens (tertiary/aromatic N) is 2. The minimum atomic E-state index is 0.115. The van der Waals surface area contributed by atoms with Crippen LogP contribution in [0.5, 0.6) is 11.5 Å². The van der Waals surface area contributed by atoms with E-state index in [1.54, 1.807) is 23.0 Å². The van der Waals surface area contributed by atoms with Crippen LogP contribution in [0.3, 0.4) is 0 Å². The number of aromatic nitrogens is 2. The Morgan fingerprint density at radius 2 is 1.81 bits per heavy atom. The van der Waals surface area contributed by atoms with Gasteiger partial charge in [0.2, 0.25) is 0 Å². The van der Waals surface area contributed by atoms with Crippen molar-refractivity contribution in [2.75, 3.05) is 0 Å². The van der Waals surface area contributed by atoms with Crippen LogP contribution >= 0.6 is 0 Å². The van der Waals surface area contributed by atoms with E-state index in [1.165, 1.54) is 0 Å². The second kappa shape index (κ2) is 6.66. The van der Waals surface area contributed by atoms with Gasteiger partial charge >= 0.3 is 0 Å². The fourth-order valence-electron chi connectivity index (χ4n) is 2.58. The average molecular weight is 288 g/mol. The average Bonchev–Trinajstić information content (AvgIpc) is 2.87. The van der Waals surface area contributed by atoms with E-state index in [1.807, 2.05) is 19.9 Å². The van der Waals surface area contributed by atoms with Crippen molar-refractivity contribution in [3.05, 3.63) is 30.0 Å². The van der Waals surface area contributed by atoms with Crippen molar-refractivity contribution in [3.63, 3.8) is 0 Å². The number of aryl methyl sites for hydroxylation is 1. The van der Waals surface area contributed by atoms with Gasteiger partial charge in [0, 0.05) is 12.2 Å². The zero-order valence-corrected chi connectivity index (χ0v) is 13.0. The Labute approximate surface area is 126 Å². The summed E-state index contributed by atoms with van der Waals surface area (Å²) in [7, 11) is 0. The standard InChI is InChI=1S/C17H24N2O2/c1-4-5-6-7-13-10-15(20)17(16(21)11-13)14-8-9-18-19(14)12(2)3/h8-12,20-21H,4-7H2,1-3H3. The van der Waals surface area contributed by atoms with Crippen LogP contribution in [0, 0.1) is 0 Å². The van der Waals surface area contributed by atoms with Gasteiger partial charge in [0.1, 0.15) is 11.5 Å². The van der Waals surface area contributed by atoms with E-state index in [9.17, 15) is 10.2 Å². The fraction of sp³-hybridized carbons (Fsp3) is 0.471. The van der Waals surface area contributed by atoms with Gasteiger partial charge in [-0.1, -0.05) is 19.8 Å². The van der Waals surface area contributed by atoms with Crippen LogP contribution in [-0.2, 0) is 6.42 Å². The summed E-state index contributed by atoms with van der Waals surface area (Å²) in [5.74, 6) is 0.229. The van der Waals surface area contributed by atoms with E-state index in [0.29, 0.717) is 5.56 Å². The van der Waals surface area contributed by atoms with Gasteiger partial charge in [-0.15, -0.1) is 0 Å². The number of benzene rings is 1. The summed E-state index contributed by atoms with van der Waals surface area (Å²) >= 11 is 0. The highest BCUT2D eigenvalue weighted by Crippen LogP contribution is 2.39. The summed E-state index contributed by atoms with van der Waals surface area (Å²) in [5, 5.41) is 24.9. The molecule has 0 aliphatic carbocycles. The Morgan fingerprint density at radius 1 is 1.14 bits per heavy atom. The number of aromatic hydroxyl groups is 2. The van der Waals surface area contributed by atoms with E-state index in [0.717, 1.165) is 36.9 Å². The van der Waals surface area contributed by atoms with Crippen molar-refractivity contribution < 1.29 is 10.2 Å². The van der Waals surface area contributed by atoms with Crippen LogP contribution in [0.4, 0.5) is 0 Å². The highest BCUT2D eigenvalue weighted by Gasteiger charge is 2.17. The monoisotopic (exact) mass is 288 g/mol. The van der Waals surface area contributed by atoms with Crippen LogP contribution in [-0.4, -0.2) is 20.0 Å². The molecule has 1 aromatic carbocycles. The molecule has 114 valence electrons. The third kappa shape index (κ3) is 3.38. The zero-order valence-electron chi connectivity index (χ0n) is 13.0. The lowest BCUT2D eigenvalue weighted by molar-refractivity contribution is 0.449. The van der Waals surface area contributed by atoms with E-state index >= 15 is 0 Å². The maximum absolute atomic E-state index is 10.3. The molecule has 0 aliphatic rings. The lowest BCUT2D eigenvalue weighted by Crippen LogP contribution is -2.04. The second-order valence-electron chi connectivity index (χ2n) is 5.72. The molecule has 0 radical (unpaired) electrons. The van der Waals surface area contributed by atoms with Crippen molar-refractivity contribution in [2.24, 2.45) is 0 Å².